The van der Waals surface area contributed by atoms with E-state index in [4.69, 9.17) is 4.74 Å². The first-order valence-electron chi connectivity index (χ1n) is 8.65. The van der Waals surface area contributed by atoms with Gasteiger partial charge in [0.1, 0.15) is 27.5 Å². The molecule has 1 aromatic carbocycles. The molecule has 1 aliphatic rings. The maximum absolute atomic E-state index is 12.9. The molecule has 2 heterocycles. The standard InChI is InChI=1S/C19H21F3N2O3S/c1-17(2,3)28(25)24-18(10-12-26-15-5-4-11-23-16(15)18)13-6-8-14(9-7-13)27-19(20,21)22/h4-9,11,24H,10,12H2,1-3H3/t18-,28-/m0/s1. The van der Waals surface area contributed by atoms with Crippen LogP contribution in [0.1, 0.15) is 38.4 Å². The van der Waals surface area contributed by atoms with Gasteiger partial charge < -0.3 is 14.0 Å². The van der Waals surface area contributed by atoms with Crippen LogP contribution in [0.3, 0.4) is 0 Å². The van der Waals surface area contributed by atoms with E-state index in [1.54, 1.807) is 18.3 Å². The lowest BCUT2D eigenvalue weighted by Crippen LogP contribution is -2.54. The van der Waals surface area contributed by atoms with Crippen LogP contribution in [0.15, 0.2) is 42.6 Å². The number of alkyl halides is 3. The van der Waals surface area contributed by atoms with Gasteiger partial charge in [-0.2, -0.15) is 0 Å². The topological polar surface area (TPSA) is 66.4 Å². The fourth-order valence-corrected chi connectivity index (χ4v) is 3.89. The fourth-order valence-electron chi connectivity index (χ4n) is 2.95. The summed E-state index contributed by atoms with van der Waals surface area (Å²) in [4.78, 5) is 4.43. The lowest BCUT2D eigenvalue weighted by Gasteiger charge is -2.40. The molecular formula is C19H21F3N2O3S. The quantitative estimate of drug-likeness (QED) is 0.765. The van der Waals surface area contributed by atoms with Crippen LogP contribution in [0, 0.1) is 0 Å². The predicted octanol–water partition coefficient (Wildman–Crippen LogP) is 4.06. The summed E-state index contributed by atoms with van der Waals surface area (Å²) in [6, 6.07) is 9.03. The first-order chi connectivity index (χ1) is 13.0. The molecule has 1 aliphatic heterocycles. The van der Waals surface area contributed by atoms with Crippen molar-refractivity contribution in [1.29, 1.82) is 0 Å². The van der Waals surface area contributed by atoms with Crippen molar-refractivity contribution in [1.82, 2.24) is 9.71 Å². The second-order valence-corrected chi connectivity index (χ2v) is 9.38. The minimum Gasteiger partial charge on any atom is -0.598 e. The molecule has 152 valence electrons. The summed E-state index contributed by atoms with van der Waals surface area (Å²) in [6.45, 7) is 5.85. The van der Waals surface area contributed by atoms with E-state index in [-0.39, 0.29) is 5.75 Å². The van der Waals surface area contributed by atoms with Crippen molar-refractivity contribution in [3.63, 3.8) is 0 Å². The number of fused-ring (bicyclic) bond motifs is 1. The highest BCUT2D eigenvalue weighted by molar-refractivity contribution is 7.90. The molecule has 28 heavy (non-hydrogen) atoms. The molecule has 0 radical (unpaired) electrons. The number of nitrogens with one attached hydrogen (secondary N) is 1. The van der Waals surface area contributed by atoms with E-state index < -0.39 is 28.0 Å². The zero-order valence-corrected chi connectivity index (χ0v) is 16.5. The number of halogens is 3. The van der Waals surface area contributed by atoms with Gasteiger partial charge >= 0.3 is 6.36 Å². The molecule has 0 spiro atoms. The molecule has 9 heteroatoms. The molecule has 0 saturated carbocycles. The van der Waals surface area contributed by atoms with Crippen molar-refractivity contribution in [3.05, 3.63) is 53.9 Å². The van der Waals surface area contributed by atoms with Gasteiger partial charge in [0.2, 0.25) is 0 Å². The molecule has 1 N–H and O–H groups in total. The van der Waals surface area contributed by atoms with Crippen LogP contribution in [-0.2, 0) is 16.9 Å². The van der Waals surface area contributed by atoms with Gasteiger partial charge in [-0.25, -0.2) is 0 Å². The average Bonchev–Trinajstić information content (AvgIpc) is 2.60. The summed E-state index contributed by atoms with van der Waals surface area (Å²) >= 11 is -1.46. The third-order valence-corrected chi connectivity index (χ3v) is 5.96. The Kier molecular flexibility index (Phi) is 5.53. The zero-order chi connectivity index (χ0) is 20.6. The minimum absolute atomic E-state index is 0.323. The van der Waals surface area contributed by atoms with Crippen LogP contribution < -0.4 is 14.2 Å². The molecule has 0 amide bonds. The molecular weight excluding hydrogens is 393 g/mol. The Bertz CT molecular complexity index is 824. The van der Waals surface area contributed by atoms with E-state index in [9.17, 15) is 17.7 Å². The summed E-state index contributed by atoms with van der Waals surface area (Å²) in [6.07, 6.45) is -2.75. The van der Waals surface area contributed by atoms with Gasteiger partial charge in [-0.05, 0) is 50.6 Å². The number of benzene rings is 1. The number of pyridine rings is 1. The SMILES string of the molecule is CC(C)(C)[S@+]([O-])N[C@]1(c2ccc(OC(F)(F)F)cc2)CCOc2cccnc21. The number of ether oxygens (including phenoxy) is 2. The molecule has 0 aliphatic carbocycles. The Balaban J connectivity index is 2.06. The highest BCUT2D eigenvalue weighted by Gasteiger charge is 2.47. The maximum atomic E-state index is 12.9. The van der Waals surface area contributed by atoms with Gasteiger partial charge in [-0.15, -0.1) is 17.9 Å². The number of aromatic nitrogens is 1. The van der Waals surface area contributed by atoms with Crippen LogP contribution in [0.2, 0.25) is 0 Å². The van der Waals surface area contributed by atoms with E-state index in [0.29, 0.717) is 30.0 Å². The van der Waals surface area contributed by atoms with Crippen molar-refractivity contribution in [2.24, 2.45) is 0 Å². The van der Waals surface area contributed by atoms with Crippen molar-refractivity contribution in [2.45, 2.75) is 43.8 Å². The Labute approximate surface area is 164 Å². The van der Waals surface area contributed by atoms with Gasteiger partial charge in [-0.3, -0.25) is 4.98 Å². The normalized spacial score (nSPS) is 20.8. The molecule has 3 rings (SSSR count). The van der Waals surface area contributed by atoms with Gasteiger partial charge in [0.25, 0.3) is 0 Å². The third-order valence-electron chi connectivity index (χ3n) is 4.31. The second kappa shape index (κ2) is 7.46. The number of nitrogens with zero attached hydrogens (tertiary/aromatic N) is 1. The largest absolute Gasteiger partial charge is 0.598 e. The molecule has 2 atom stereocenters. The molecule has 0 saturated heterocycles. The fraction of sp³-hybridized carbons (Fsp3) is 0.421. The minimum atomic E-state index is -4.77. The Morgan fingerprint density at radius 3 is 2.46 bits per heavy atom. The molecule has 0 unspecified atom stereocenters. The van der Waals surface area contributed by atoms with E-state index in [0.717, 1.165) is 0 Å². The van der Waals surface area contributed by atoms with Crippen LogP contribution in [0.5, 0.6) is 11.5 Å². The number of hydrogen-bond donors (Lipinski definition) is 1. The number of hydrogen-bond acceptors (Lipinski definition) is 5. The first kappa shape index (κ1) is 20.8. The summed E-state index contributed by atoms with van der Waals surface area (Å²) in [5, 5.41) is 0. The maximum Gasteiger partial charge on any atom is 0.573 e. The summed E-state index contributed by atoms with van der Waals surface area (Å²) < 4.78 is 62.6. The van der Waals surface area contributed by atoms with Crippen molar-refractivity contribution in [2.75, 3.05) is 6.61 Å². The van der Waals surface area contributed by atoms with Crippen molar-refractivity contribution < 1.29 is 27.2 Å². The van der Waals surface area contributed by atoms with Crippen LogP contribution in [0.25, 0.3) is 0 Å². The molecule has 2 aromatic rings. The Morgan fingerprint density at radius 2 is 1.86 bits per heavy atom. The van der Waals surface area contributed by atoms with Crippen molar-refractivity contribution in [3.8, 4) is 11.5 Å². The van der Waals surface area contributed by atoms with Crippen LogP contribution in [0.4, 0.5) is 13.2 Å². The molecule has 5 nitrogen and oxygen atoms in total. The van der Waals surface area contributed by atoms with E-state index in [1.807, 2.05) is 20.8 Å². The van der Waals surface area contributed by atoms with Crippen LogP contribution in [-0.4, -0.2) is 27.3 Å². The van der Waals surface area contributed by atoms with E-state index >= 15 is 0 Å². The zero-order valence-electron chi connectivity index (χ0n) is 15.7. The first-order valence-corrected chi connectivity index (χ1v) is 9.80. The lowest BCUT2D eigenvalue weighted by molar-refractivity contribution is -0.274. The van der Waals surface area contributed by atoms with Crippen LogP contribution >= 0.6 is 0 Å². The Morgan fingerprint density at radius 1 is 1.18 bits per heavy atom. The smallest absolute Gasteiger partial charge is 0.573 e. The van der Waals surface area contributed by atoms with E-state index in [2.05, 4.69) is 14.4 Å². The lowest BCUT2D eigenvalue weighted by atomic mass is 9.82. The molecule has 0 fully saturated rings. The second-order valence-electron chi connectivity index (χ2n) is 7.41. The molecule has 0 bridgehead atoms. The van der Waals surface area contributed by atoms with E-state index in [1.165, 1.54) is 24.3 Å². The number of rotatable bonds is 4. The third kappa shape index (κ3) is 4.37. The van der Waals surface area contributed by atoms with Gasteiger partial charge in [0.15, 0.2) is 0 Å². The van der Waals surface area contributed by atoms with Gasteiger partial charge in [0, 0.05) is 24.0 Å². The Hall–Kier alpha value is -1.97. The highest BCUT2D eigenvalue weighted by atomic mass is 32.2. The van der Waals surface area contributed by atoms with Gasteiger partial charge in [0.05, 0.1) is 6.61 Å². The summed E-state index contributed by atoms with van der Waals surface area (Å²) in [5.41, 5.74) is 0.204. The average molecular weight is 414 g/mol. The highest BCUT2D eigenvalue weighted by Crippen LogP contribution is 2.42. The van der Waals surface area contributed by atoms with Crippen molar-refractivity contribution >= 4 is 11.4 Å². The molecule has 1 aromatic heterocycles. The summed E-state index contributed by atoms with van der Waals surface area (Å²) in [7, 11) is 0. The van der Waals surface area contributed by atoms with Gasteiger partial charge in [-0.1, -0.05) is 12.1 Å². The predicted molar refractivity (Wildman–Crippen MR) is 99.3 cm³/mol. The summed E-state index contributed by atoms with van der Waals surface area (Å²) in [5.74, 6) is 0.222. The monoisotopic (exact) mass is 414 g/mol.